The highest BCUT2D eigenvalue weighted by atomic mass is 35.5. The highest BCUT2D eigenvalue weighted by molar-refractivity contribution is 6.30. The molecular weight excluding hydrogens is 563 g/mol. The molecule has 0 spiro atoms. The molecule has 1 amide bonds. The van der Waals surface area contributed by atoms with Crippen LogP contribution in [0.5, 0.6) is 11.5 Å². The van der Waals surface area contributed by atoms with Gasteiger partial charge in [0.2, 0.25) is 5.43 Å². The third-order valence-corrected chi connectivity index (χ3v) is 6.78. The van der Waals surface area contributed by atoms with Crippen LogP contribution >= 0.6 is 11.6 Å². The molecule has 3 heterocycles. The van der Waals surface area contributed by atoms with Crippen molar-refractivity contribution in [3.63, 3.8) is 0 Å². The Labute approximate surface area is 245 Å². The summed E-state index contributed by atoms with van der Waals surface area (Å²) >= 11 is 6.01. The second kappa shape index (κ2) is 12.0. The predicted molar refractivity (Wildman–Crippen MR) is 160 cm³/mol. The smallest absolute Gasteiger partial charge is 0.261 e. The van der Waals surface area contributed by atoms with E-state index >= 15 is 4.39 Å². The monoisotopic (exact) mass is 590 g/mol. The lowest BCUT2D eigenvalue weighted by Crippen LogP contribution is -2.25. The summed E-state index contributed by atoms with van der Waals surface area (Å²) in [6, 6.07) is 12.0. The number of fused-ring (bicyclic) bond motifs is 1. The molecule has 5 rings (SSSR count). The zero-order valence-corrected chi connectivity index (χ0v) is 23.7. The number of rotatable bonds is 9. The average Bonchev–Trinajstić information content (AvgIpc) is 3.38. The summed E-state index contributed by atoms with van der Waals surface area (Å²) in [5, 5.41) is 23.0. The normalized spacial score (nSPS) is 12.0. The number of aliphatic hydroxyl groups is 1. The van der Waals surface area contributed by atoms with Gasteiger partial charge in [-0.05, 0) is 50.6 Å². The maximum atomic E-state index is 15.2. The van der Waals surface area contributed by atoms with Gasteiger partial charge in [0.25, 0.3) is 5.91 Å². The van der Waals surface area contributed by atoms with Crippen LogP contribution in [0.1, 0.15) is 37.2 Å². The Hall–Kier alpha value is -4.74. The second-order valence-corrected chi connectivity index (χ2v) is 10.4. The molecule has 0 bridgehead atoms. The number of aliphatic hydroxyl groups excluding tert-OH is 1. The molecule has 0 aliphatic carbocycles. The van der Waals surface area contributed by atoms with Crippen molar-refractivity contribution in [3.8, 4) is 22.6 Å². The number of nitrogens with one attached hydrogen (secondary N) is 3. The van der Waals surface area contributed by atoms with Gasteiger partial charge in [-0.3, -0.25) is 14.7 Å². The third-order valence-electron chi connectivity index (χ3n) is 6.53. The summed E-state index contributed by atoms with van der Waals surface area (Å²) in [5.74, 6) is -0.845. The first-order valence-corrected chi connectivity index (χ1v) is 13.5. The molecule has 0 aliphatic rings. The number of halogens is 2. The molecule has 0 unspecified atom stereocenters. The molecule has 3 aromatic heterocycles. The van der Waals surface area contributed by atoms with Crippen LogP contribution in [0.15, 0.2) is 71.9 Å². The van der Waals surface area contributed by atoms with Crippen LogP contribution in [0.3, 0.4) is 0 Å². The van der Waals surface area contributed by atoms with Crippen LogP contribution in [0.25, 0.3) is 22.2 Å². The van der Waals surface area contributed by atoms with Crippen molar-refractivity contribution in [2.24, 2.45) is 0 Å². The quantitative estimate of drug-likeness (QED) is 0.165. The fourth-order valence-electron chi connectivity index (χ4n) is 4.26. The van der Waals surface area contributed by atoms with Gasteiger partial charge in [-0.2, -0.15) is 5.10 Å². The standard InChI is InChI=1S/C30H28ClFN6O4/c1-16(2)38-13-21(18-4-6-19(31)7-5-18)27(40)22(14-38)30(41)35-20-8-9-24(23(32)12-20)42-25-10-11-33-28-26(25)29(37-36-28)34-17(3)15-39/h4-14,16-17,39H,15H2,1-3H3,(H,35,41)(H2,33,34,36,37)/t17-/m1/s1. The van der Waals surface area contributed by atoms with E-state index in [4.69, 9.17) is 16.3 Å². The van der Waals surface area contributed by atoms with Crippen LogP contribution in [-0.4, -0.2) is 43.4 Å². The van der Waals surface area contributed by atoms with E-state index in [1.54, 1.807) is 48.0 Å². The van der Waals surface area contributed by atoms with E-state index in [9.17, 15) is 14.7 Å². The maximum absolute atomic E-state index is 15.2. The molecule has 2 aromatic carbocycles. The first-order valence-electron chi connectivity index (χ1n) is 13.2. The van der Waals surface area contributed by atoms with Crippen LogP contribution < -0.4 is 20.8 Å². The lowest BCUT2D eigenvalue weighted by atomic mass is 10.0. The molecule has 4 N–H and O–H groups in total. The minimum Gasteiger partial charge on any atom is -0.453 e. The van der Waals surface area contributed by atoms with Crippen molar-refractivity contribution in [3.05, 3.63) is 93.7 Å². The number of carbonyl (C=O) groups is 1. The zero-order valence-electron chi connectivity index (χ0n) is 23.0. The van der Waals surface area contributed by atoms with E-state index in [0.717, 1.165) is 6.07 Å². The first kappa shape index (κ1) is 28.8. The highest BCUT2D eigenvalue weighted by Crippen LogP contribution is 2.34. The van der Waals surface area contributed by atoms with Crippen LogP contribution in [0.2, 0.25) is 5.02 Å². The highest BCUT2D eigenvalue weighted by Gasteiger charge is 2.19. The van der Waals surface area contributed by atoms with Crippen LogP contribution in [0.4, 0.5) is 15.9 Å². The number of ether oxygens (including phenoxy) is 1. The van der Waals surface area contributed by atoms with Crippen molar-refractivity contribution in [1.82, 2.24) is 19.7 Å². The molecule has 1 atom stereocenters. The summed E-state index contributed by atoms with van der Waals surface area (Å²) in [7, 11) is 0. The van der Waals surface area contributed by atoms with E-state index < -0.39 is 17.2 Å². The van der Waals surface area contributed by atoms with Gasteiger partial charge in [0, 0.05) is 59.1 Å². The van der Waals surface area contributed by atoms with Crippen molar-refractivity contribution in [2.75, 3.05) is 17.2 Å². The van der Waals surface area contributed by atoms with Crippen molar-refractivity contribution in [1.29, 1.82) is 0 Å². The number of benzene rings is 2. The van der Waals surface area contributed by atoms with Gasteiger partial charge in [-0.25, -0.2) is 9.37 Å². The van der Waals surface area contributed by atoms with Crippen molar-refractivity contribution >= 4 is 40.0 Å². The van der Waals surface area contributed by atoms with E-state index in [-0.39, 0.29) is 41.4 Å². The van der Waals surface area contributed by atoms with Crippen LogP contribution in [0, 0.1) is 5.82 Å². The Morgan fingerprint density at radius 2 is 1.88 bits per heavy atom. The Morgan fingerprint density at radius 1 is 1.12 bits per heavy atom. The topological polar surface area (TPSA) is 134 Å². The molecule has 12 heteroatoms. The van der Waals surface area contributed by atoms with Gasteiger partial charge < -0.3 is 25.0 Å². The van der Waals surface area contributed by atoms with E-state index in [1.807, 2.05) is 13.8 Å². The molecule has 0 saturated heterocycles. The number of hydrogen-bond acceptors (Lipinski definition) is 7. The Morgan fingerprint density at radius 3 is 2.57 bits per heavy atom. The number of aromatic nitrogens is 4. The second-order valence-electron chi connectivity index (χ2n) is 10.00. The van der Waals surface area contributed by atoms with Crippen molar-refractivity contribution in [2.45, 2.75) is 32.9 Å². The summed E-state index contributed by atoms with van der Waals surface area (Å²) < 4.78 is 22.8. The molecule has 0 fully saturated rings. The molecule has 0 radical (unpaired) electrons. The first-order chi connectivity index (χ1) is 20.1. The van der Waals surface area contributed by atoms with Crippen molar-refractivity contribution < 1.29 is 19.0 Å². The zero-order chi connectivity index (χ0) is 30.0. The minimum absolute atomic E-state index is 0.0328. The molecule has 42 heavy (non-hydrogen) atoms. The number of amides is 1. The number of H-pyrrole nitrogens is 1. The molecule has 5 aromatic rings. The van der Waals surface area contributed by atoms with Gasteiger partial charge in [-0.15, -0.1) is 0 Å². The van der Waals surface area contributed by atoms with E-state index in [2.05, 4.69) is 25.8 Å². The molecule has 0 aliphatic heterocycles. The summed E-state index contributed by atoms with van der Waals surface area (Å²) in [4.78, 5) is 30.8. The lowest BCUT2D eigenvalue weighted by molar-refractivity contribution is 0.102. The molecule has 10 nitrogen and oxygen atoms in total. The lowest BCUT2D eigenvalue weighted by Gasteiger charge is -2.16. The Kier molecular flexibility index (Phi) is 8.23. The number of carbonyl (C=O) groups excluding carboxylic acids is 1. The number of nitrogens with zero attached hydrogens (tertiary/aromatic N) is 3. The van der Waals surface area contributed by atoms with Gasteiger partial charge in [0.1, 0.15) is 16.7 Å². The number of aromatic amines is 1. The Balaban J connectivity index is 1.41. The predicted octanol–water partition coefficient (Wildman–Crippen LogP) is 6.00. The van der Waals surface area contributed by atoms with Gasteiger partial charge in [-0.1, -0.05) is 23.7 Å². The molecule has 0 saturated carbocycles. The average molecular weight is 591 g/mol. The van der Waals surface area contributed by atoms with Gasteiger partial charge >= 0.3 is 0 Å². The fourth-order valence-corrected chi connectivity index (χ4v) is 4.39. The minimum atomic E-state index is -0.742. The number of anilines is 2. The molecular formula is C30H28ClFN6O4. The summed E-state index contributed by atoms with van der Waals surface area (Å²) in [6.45, 7) is 5.51. The van der Waals surface area contributed by atoms with E-state index in [0.29, 0.717) is 33.0 Å². The Bertz CT molecular complexity index is 1820. The SMILES string of the molecule is CC(C)n1cc(C(=O)Nc2ccc(Oc3ccnc4[nH]nc(N[C@H](C)CO)c34)c(F)c2)c(=O)c(-c2ccc(Cl)cc2)c1. The number of hydrogen-bond donors (Lipinski definition) is 4. The molecule has 216 valence electrons. The maximum Gasteiger partial charge on any atom is 0.261 e. The third kappa shape index (κ3) is 5.97. The summed E-state index contributed by atoms with van der Waals surface area (Å²) in [6.07, 6.45) is 4.67. The van der Waals surface area contributed by atoms with Crippen LogP contribution in [-0.2, 0) is 0 Å². The fraction of sp³-hybridized carbons (Fsp3) is 0.200. The van der Waals surface area contributed by atoms with Gasteiger partial charge in [0.05, 0.1) is 6.61 Å². The summed E-state index contributed by atoms with van der Waals surface area (Å²) in [5.41, 5.74) is 0.958. The largest absolute Gasteiger partial charge is 0.453 e. The van der Waals surface area contributed by atoms with E-state index in [1.165, 1.54) is 24.5 Å². The number of pyridine rings is 2. The van der Waals surface area contributed by atoms with Gasteiger partial charge in [0.15, 0.2) is 23.0 Å².